The summed E-state index contributed by atoms with van der Waals surface area (Å²) in [5, 5.41) is 2.97. The zero-order valence-electron chi connectivity index (χ0n) is 16.0. The van der Waals surface area contributed by atoms with Crippen LogP contribution in [0.5, 0.6) is 0 Å². The minimum Gasteiger partial charge on any atom is -0.348 e. The van der Waals surface area contributed by atoms with E-state index in [9.17, 15) is 14.4 Å². The van der Waals surface area contributed by atoms with Crippen LogP contribution < -0.4 is 16.6 Å². The highest BCUT2D eigenvalue weighted by molar-refractivity contribution is 5.76. The van der Waals surface area contributed by atoms with Crippen molar-refractivity contribution >= 4 is 5.91 Å². The molecule has 1 amide bonds. The number of carbonyl (C=O) groups is 1. The van der Waals surface area contributed by atoms with Gasteiger partial charge in [0.15, 0.2) is 5.82 Å². The van der Waals surface area contributed by atoms with Crippen LogP contribution in [0.15, 0.2) is 52.3 Å². The normalized spacial score (nSPS) is 15.6. The number of hydrogen-bond donors (Lipinski definition) is 2. The van der Waals surface area contributed by atoms with Gasteiger partial charge in [-0.25, -0.2) is 14.8 Å². The van der Waals surface area contributed by atoms with Gasteiger partial charge in [-0.05, 0) is 26.2 Å². The summed E-state index contributed by atoms with van der Waals surface area (Å²) in [6.45, 7) is 1.43. The molecule has 1 aromatic carbocycles. The molecule has 2 aromatic heterocycles. The number of carbonyl (C=O) groups excluding carboxylic acids is 1. The van der Waals surface area contributed by atoms with Crippen molar-refractivity contribution in [2.45, 2.75) is 38.8 Å². The molecule has 2 N–H and O–H groups in total. The standard InChI is InChI=1S/C21H21N5O3/c1-13-11-26(21(29)25-20(13)28)12-18(27)23-16-8-5-9-17-15(16)10-22-19(24-17)14-6-3-2-4-7-14/h2-4,6-7,10-11,16H,5,8-9,12H2,1H3,(H,23,27)(H,25,28,29)/t16-/m0/s1. The summed E-state index contributed by atoms with van der Waals surface area (Å²) in [5.74, 6) is 0.370. The van der Waals surface area contributed by atoms with Gasteiger partial charge in [-0.1, -0.05) is 30.3 Å². The second kappa shape index (κ2) is 7.83. The number of nitrogens with one attached hydrogen (secondary N) is 2. The molecule has 1 aliphatic rings. The predicted octanol–water partition coefficient (Wildman–Crippen LogP) is 1.50. The smallest absolute Gasteiger partial charge is 0.328 e. The summed E-state index contributed by atoms with van der Waals surface area (Å²) in [7, 11) is 0. The maximum atomic E-state index is 12.5. The van der Waals surface area contributed by atoms with Crippen LogP contribution in [0.2, 0.25) is 0 Å². The molecule has 1 aliphatic carbocycles. The number of fused-ring (bicyclic) bond motifs is 1. The lowest BCUT2D eigenvalue weighted by atomic mass is 9.92. The van der Waals surface area contributed by atoms with Gasteiger partial charge < -0.3 is 5.32 Å². The quantitative estimate of drug-likeness (QED) is 0.700. The van der Waals surface area contributed by atoms with Crippen LogP contribution in [0, 0.1) is 6.92 Å². The highest BCUT2D eigenvalue weighted by atomic mass is 16.2. The summed E-state index contributed by atoms with van der Waals surface area (Å²) in [6, 6.07) is 9.57. The van der Waals surface area contributed by atoms with Crippen molar-refractivity contribution in [2.75, 3.05) is 0 Å². The van der Waals surface area contributed by atoms with Crippen LogP contribution >= 0.6 is 0 Å². The van der Waals surface area contributed by atoms with Crippen LogP contribution in [0.3, 0.4) is 0 Å². The van der Waals surface area contributed by atoms with Crippen molar-refractivity contribution in [1.82, 2.24) is 24.8 Å². The second-order valence-electron chi connectivity index (χ2n) is 7.17. The number of aryl methyl sites for hydroxylation is 2. The van der Waals surface area contributed by atoms with Crippen molar-refractivity contribution in [2.24, 2.45) is 0 Å². The van der Waals surface area contributed by atoms with E-state index in [0.717, 1.165) is 36.1 Å². The van der Waals surface area contributed by atoms with E-state index in [-0.39, 0.29) is 18.5 Å². The van der Waals surface area contributed by atoms with Gasteiger partial charge in [0, 0.05) is 34.8 Å². The molecule has 2 heterocycles. The van der Waals surface area contributed by atoms with Gasteiger partial charge >= 0.3 is 5.69 Å². The molecule has 0 radical (unpaired) electrons. The molecule has 0 unspecified atom stereocenters. The van der Waals surface area contributed by atoms with Gasteiger partial charge in [-0.15, -0.1) is 0 Å². The first kappa shape index (κ1) is 18.8. The Hall–Kier alpha value is -3.55. The minimum atomic E-state index is -0.601. The molecule has 4 rings (SSSR count). The van der Waals surface area contributed by atoms with Crippen molar-refractivity contribution in [3.63, 3.8) is 0 Å². The van der Waals surface area contributed by atoms with Crippen molar-refractivity contribution < 1.29 is 4.79 Å². The minimum absolute atomic E-state index is 0.161. The third kappa shape index (κ3) is 4.01. The average Bonchev–Trinajstić information content (AvgIpc) is 2.72. The number of aromatic amines is 1. The molecule has 0 fully saturated rings. The Kier molecular flexibility index (Phi) is 5.07. The maximum Gasteiger partial charge on any atom is 0.328 e. The first-order valence-corrected chi connectivity index (χ1v) is 9.52. The van der Waals surface area contributed by atoms with E-state index in [1.165, 1.54) is 10.8 Å². The lowest BCUT2D eigenvalue weighted by Crippen LogP contribution is -2.38. The molecule has 0 spiro atoms. The molecule has 29 heavy (non-hydrogen) atoms. The number of benzene rings is 1. The third-order valence-corrected chi connectivity index (χ3v) is 5.05. The summed E-state index contributed by atoms with van der Waals surface area (Å²) in [6.07, 6.45) is 5.70. The van der Waals surface area contributed by atoms with Gasteiger partial charge in [0.1, 0.15) is 6.54 Å². The number of H-pyrrole nitrogens is 1. The Morgan fingerprint density at radius 1 is 1.28 bits per heavy atom. The first-order chi connectivity index (χ1) is 14.0. The zero-order chi connectivity index (χ0) is 20.4. The second-order valence-corrected chi connectivity index (χ2v) is 7.17. The van der Waals surface area contributed by atoms with Crippen LogP contribution in [0.4, 0.5) is 0 Å². The van der Waals surface area contributed by atoms with Gasteiger partial charge in [0.2, 0.25) is 5.91 Å². The topological polar surface area (TPSA) is 110 Å². The van der Waals surface area contributed by atoms with E-state index in [2.05, 4.69) is 15.3 Å². The molecule has 8 heteroatoms. The highest BCUT2D eigenvalue weighted by Crippen LogP contribution is 2.29. The van der Waals surface area contributed by atoms with Crippen molar-refractivity contribution in [1.29, 1.82) is 0 Å². The lowest BCUT2D eigenvalue weighted by molar-refractivity contribution is -0.122. The first-order valence-electron chi connectivity index (χ1n) is 9.52. The van der Waals surface area contributed by atoms with Crippen LogP contribution in [-0.4, -0.2) is 25.4 Å². The van der Waals surface area contributed by atoms with E-state index in [1.54, 1.807) is 13.1 Å². The van der Waals surface area contributed by atoms with Gasteiger partial charge in [0.05, 0.1) is 6.04 Å². The summed E-state index contributed by atoms with van der Waals surface area (Å²) in [4.78, 5) is 47.3. The Morgan fingerprint density at radius 3 is 2.86 bits per heavy atom. The number of amides is 1. The fourth-order valence-electron chi connectivity index (χ4n) is 3.55. The summed E-state index contributed by atoms with van der Waals surface area (Å²) in [5.41, 5.74) is 2.13. The monoisotopic (exact) mass is 391 g/mol. The summed E-state index contributed by atoms with van der Waals surface area (Å²) >= 11 is 0. The van der Waals surface area contributed by atoms with Gasteiger partial charge in [-0.3, -0.25) is 19.1 Å². The summed E-state index contributed by atoms with van der Waals surface area (Å²) < 4.78 is 1.20. The molecule has 0 saturated heterocycles. The van der Waals surface area contributed by atoms with Crippen LogP contribution in [-0.2, 0) is 17.8 Å². The maximum absolute atomic E-state index is 12.5. The lowest BCUT2D eigenvalue weighted by Gasteiger charge is -2.25. The van der Waals surface area contributed by atoms with E-state index in [4.69, 9.17) is 4.98 Å². The molecule has 3 aromatic rings. The van der Waals surface area contributed by atoms with E-state index >= 15 is 0 Å². The predicted molar refractivity (Wildman–Crippen MR) is 107 cm³/mol. The van der Waals surface area contributed by atoms with Crippen LogP contribution in [0.25, 0.3) is 11.4 Å². The fourth-order valence-corrected chi connectivity index (χ4v) is 3.55. The SMILES string of the molecule is Cc1cn(CC(=O)N[C@H]2CCCc3nc(-c4ccccc4)ncc32)c(=O)[nH]c1=O. The third-order valence-electron chi connectivity index (χ3n) is 5.05. The van der Waals surface area contributed by atoms with Crippen LogP contribution in [0.1, 0.15) is 35.7 Å². The number of nitrogens with zero attached hydrogens (tertiary/aromatic N) is 3. The zero-order valence-corrected chi connectivity index (χ0v) is 16.0. The molecular formula is C21H21N5O3. The van der Waals surface area contributed by atoms with E-state index in [0.29, 0.717) is 11.4 Å². The molecule has 0 saturated carbocycles. The number of hydrogen-bond acceptors (Lipinski definition) is 5. The number of rotatable bonds is 4. The van der Waals surface area contributed by atoms with Crippen molar-refractivity contribution in [3.8, 4) is 11.4 Å². The van der Waals surface area contributed by atoms with Gasteiger partial charge in [-0.2, -0.15) is 0 Å². The Balaban J connectivity index is 1.52. The number of aromatic nitrogens is 4. The molecule has 1 atom stereocenters. The molecule has 148 valence electrons. The Labute approximate surface area is 166 Å². The van der Waals surface area contributed by atoms with E-state index in [1.807, 2.05) is 30.3 Å². The highest BCUT2D eigenvalue weighted by Gasteiger charge is 2.24. The molecular weight excluding hydrogens is 370 g/mol. The molecule has 0 aliphatic heterocycles. The molecule has 8 nitrogen and oxygen atoms in total. The van der Waals surface area contributed by atoms with Gasteiger partial charge in [0.25, 0.3) is 5.56 Å². The Morgan fingerprint density at radius 2 is 2.07 bits per heavy atom. The Bertz CT molecular complexity index is 1170. The largest absolute Gasteiger partial charge is 0.348 e. The molecule has 0 bridgehead atoms. The average molecular weight is 391 g/mol. The van der Waals surface area contributed by atoms with E-state index < -0.39 is 11.2 Å². The van der Waals surface area contributed by atoms with Crippen molar-refractivity contribution in [3.05, 3.63) is 80.4 Å². The fraction of sp³-hybridized carbons (Fsp3) is 0.286.